The third-order valence-electron chi connectivity index (χ3n) is 4.51. The van der Waals surface area contributed by atoms with E-state index in [4.69, 9.17) is 0 Å². The van der Waals surface area contributed by atoms with Crippen molar-refractivity contribution in [2.75, 3.05) is 0 Å². The summed E-state index contributed by atoms with van der Waals surface area (Å²) in [6.07, 6.45) is 10.7. The molecule has 28 heavy (non-hydrogen) atoms. The summed E-state index contributed by atoms with van der Waals surface area (Å²) in [7, 11) is 0. The van der Waals surface area contributed by atoms with Crippen LogP contribution in [0.2, 0.25) is 0 Å². The van der Waals surface area contributed by atoms with Crippen LogP contribution in [0.25, 0.3) is 6.08 Å². The largest absolute Gasteiger partial charge is 0.242 e. The van der Waals surface area contributed by atoms with Crippen LogP contribution in [0.1, 0.15) is 24.8 Å². The van der Waals surface area contributed by atoms with Gasteiger partial charge < -0.3 is 0 Å². The Morgan fingerprint density at radius 2 is 1.46 bits per heavy atom. The lowest BCUT2D eigenvalue weighted by Crippen LogP contribution is -2.37. The Morgan fingerprint density at radius 1 is 0.857 bits per heavy atom. The summed E-state index contributed by atoms with van der Waals surface area (Å²) in [4.78, 5) is 9.10. The lowest BCUT2D eigenvalue weighted by molar-refractivity contribution is 0.588. The molecule has 1 aliphatic heterocycles. The number of nitrogens with zero attached hydrogens (tertiary/aromatic N) is 4. The van der Waals surface area contributed by atoms with Crippen LogP contribution in [0.3, 0.4) is 0 Å². The second-order valence-corrected chi connectivity index (χ2v) is 6.28. The maximum absolute atomic E-state index is 9.55. The van der Waals surface area contributed by atoms with Gasteiger partial charge in [0.05, 0.1) is 11.1 Å². The first-order valence-electron chi connectivity index (χ1n) is 8.92. The predicted octanol–water partition coefficient (Wildman–Crippen LogP) is 5.57. The third-order valence-corrected chi connectivity index (χ3v) is 4.51. The molecule has 0 unspecified atom stereocenters. The van der Waals surface area contributed by atoms with Crippen LogP contribution in [0.15, 0.2) is 95.8 Å². The summed E-state index contributed by atoms with van der Waals surface area (Å²) >= 11 is 0. The number of hydrogen-bond donors (Lipinski definition) is 0. The fourth-order valence-electron chi connectivity index (χ4n) is 3.21. The lowest BCUT2D eigenvalue weighted by atomic mass is 9.71. The zero-order valence-corrected chi connectivity index (χ0v) is 15.8. The van der Waals surface area contributed by atoms with E-state index in [9.17, 15) is 10.5 Å². The molecule has 0 bridgehead atoms. The third kappa shape index (κ3) is 4.31. The van der Waals surface area contributed by atoms with Crippen LogP contribution in [0, 0.1) is 28.1 Å². The smallest absolute Gasteiger partial charge is 0.177 e. The topological polar surface area (TPSA) is 72.3 Å². The van der Waals surface area contributed by atoms with Gasteiger partial charge in [0.2, 0.25) is 0 Å². The molecule has 0 amide bonds. The molecule has 1 aliphatic rings. The van der Waals surface area contributed by atoms with E-state index in [1.165, 1.54) is 0 Å². The van der Waals surface area contributed by atoms with Crippen LogP contribution in [-0.4, -0.2) is 11.4 Å². The molecule has 138 valence electrons. The molecular formula is C24H22N4. The summed E-state index contributed by atoms with van der Waals surface area (Å²) in [5.41, 5.74) is 1.75. The SMILES string of the molecule is C=CCC1=NC(C#N)=C(C#N)N=C(/C=C/c2ccccc2)C1(CC=C)CC=C. The Labute approximate surface area is 166 Å². The van der Waals surface area contributed by atoms with Crippen molar-refractivity contribution in [3.8, 4) is 12.1 Å². The molecule has 0 N–H and O–H groups in total. The van der Waals surface area contributed by atoms with Gasteiger partial charge in [-0.15, -0.1) is 19.7 Å². The molecule has 0 saturated heterocycles. The van der Waals surface area contributed by atoms with E-state index >= 15 is 0 Å². The molecule has 2 rings (SSSR count). The quantitative estimate of drug-likeness (QED) is 0.564. The van der Waals surface area contributed by atoms with Gasteiger partial charge in [0.1, 0.15) is 12.1 Å². The lowest BCUT2D eigenvalue weighted by Gasteiger charge is -2.33. The normalized spacial score (nSPS) is 15.6. The standard InChI is InChI=1S/C24H22N4/c1-4-10-22-24(15-5-2,16-6-3)23(14-13-19-11-8-7-9-12-19)28-21(18-26)20(17-25)27-22/h4-9,11-14H,1-3,10,15-16H2/b14-13+. The van der Waals surface area contributed by atoms with Crippen LogP contribution in [0.5, 0.6) is 0 Å². The molecule has 0 saturated carbocycles. The highest BCUT2D eigenvalue weighted by Gasteiger charge is 2.39. The molecule has 4 nitrogen and oxygen atoms in total. The number of allylic oxidation sites excluding steroid dienone is 6. The molecule has 1 heterocycles. The summed E-state index contributed by atoms with van der Waals surface area (Å²) < 4.78 is 0. The first kappa shape index (κ1) is 20.6. The van der Waals surface area contributed by atoms with E-state index in [1.807, 2.05) is 54.6 Å². The van der Waals surface area contributed by atoms with E-state index in [1.54, 1.807) is 18.2 Å². The van der Waals surface area contributed by atoms with Gasteiger partial charge in [0, 0.05) is 12.1 Å². The van der Waals surface area contributed by atoms with Gasteiger partial charge >= 0.3 is 0 Å². The van der Waals surface area contributed by atoms with E-state index in [-0.39, 0.29) is 11.4 Å². The summed E-state index contributed by atoms with van der Waals surface area (Å²) in [6.45, 7) is 11.6. The number of aliphatic imine (C=N–C) groups is 2. The summed E-state index contributed by atoms with van der Waals surface area (Å²) in [6, 6.07) is 13.8. The molecule has 0 aliphatic carbocycles. The number of hydrogen-bond acceptors (Lipinski definition) is 4. The first-order chi connectivity index (χ1) is 13.6. The second kappa shape index (κ2) is 9.80. The molecule has 0 fully saturated rings. The molecule has 4 heteroatoms. The molecular weight excluding hydrogens is 344 g/mol. The van der Waals surface area contributed by atoms with Crippen molar-refractivity contribution < 1.29 is 0 Å². The average molecular weight is 366 g/mol. The van der Waals surface area contributed by atoms with Crippen molar-refractivity contribution in [2.45, 2.75) is 19.3 Å². The Morgan fingerprint density at radius 3 is 2.00 bits per heavy atom. The van der Waals surface area contributed by atoms with Crippen LogP contribution < -0.4 is 0 Å². The molecule has 0 radical (unpaired) electrons. The predicted molar refractivity (Wildman–Crippen MR) is 115 cm³/mol. The minimum atomic E-state index is -0.649. The highest BCUT2D eigenvalue weighted by atomic mass is 14.9. The fourth-order valence-corrected chi connectivity index (χ4v) is 3.21. The second-order valence-electron chi connectivity index (χ2n) is 6.28. The van der Waals surface area contributed by atoms with E-state index in [0.29, 0.717) is 25.0 Å². The molecule has 0 atom stereocenters. The molecule has 1 aromatic carbocycles. The van der Waals surface area contributed by atoms with E-state index in [2.05, 4.69) is 29.7 Å². The van der Waals surface area contributed by atoms with E-state index in [0.717, 1.165) is 11.3 Å². The van der Waals surface area contributed by atoms with Crippen molar-refractivity contribution in [1.29, 1.82) is 10.5 Å². The fraction of sp³-hybridized carbons (Fsp3) is 0.167. The Hall–Kier alpha value is -3.76. The van der Waals surface area contributed by atoms with Gasteiger partial charge in [-0.25, -0.2) is 9.98 Å². The molecule has 0 spiro atoms. The first-order valence-corrected chi connectivity index (χ1v) is 8.92. The average Bonchev–Trinajstić information content (AvgIpc) is 2.83. The zero-order chi connectivity index (χ0) is 20.4. The molecule has 1 aromatic rings. The Kier molecular flexibility index (Phi) is 7.20. The maximum atomic E-state index is 9.55. The monoisotopic (exact) mass is 366 g/mol. The minimum absolute atomic E-state index is 0.00627. The minimum Gasteiger partial charge on any atom is -0.242 e. The highest BCUT2D eigenvalue weighted by Crippen LogP contribution is 2.37. The van der Waals surface area contributed by atoms with E-state index < -0.39 is 5.41 Å². The van der Waals surface area contributed by atoms with Gasteiger partial charge in [-0.2, -0.15) is 10.5 Å². The Balaban J connectivity index is 2.77. The van der Waals surface area contributed by atoms with Crippen LogP contribution in [-0.2, 0) is 0 Å². The highest BCUT2D eigenvalue weighted by molar-refractivity contribution is 6.19. The zero-order valence-electron chi connectivity index (χ0n) is 15.8. The van der Waals surface area contributed by atoms with Crippen molar-refractivity contribution in [3.05, 3.63) is 91.3 Å². The van der Waals surface area contributed by atoms with Crippen LogP contribution in [0.4, 0.5) is 0 Å². The Bertz CT molecular complexity index is 950. The van der Waals surface area contributed by atoms with Crippen LogP contribution >= 0.6 is 0 Å². The van der Waals surface area contributed by atoms with Crippen molar-refractivity contribution >= 4 is 17.5 Å². The van der Waals surface area contributed by atoms with Gasteiger partial charge in [-0.05, 0) is 24.5 Å². The van der Waals surface area contributed by atoms with Crippen molar-refractivity contribution in [1.82, 2.24) is 0 Å². The van der Waals surface area contributed by atoms with Gasteiger partial charge in [0.25, 0.3) is 0 Å². The molecule has 0 aromatic heterocycles. The van der Waals surface area contributed by atoms with Crippen molar-refractivity contribution in [2.24, 2.45) is 15.4 Å². The van der Waals surface area contributed by atoms with Gasteiger partial charge in [-0.3, -0.25) is 0 Å². The number of benzene rings is 1. The summed E-state index contributed by atoms with van der Waals surface area (Å²) in [5, 5.41) is 19.1. The number of rotatable bonds is 8. The van der Waals surface area contributed by atoms with Crippen molar-refractivity contribution in [3.63, 3.8) is 0 Å². The summed E-state index contributed by atoms with van der Waals surface area (Å²) in [5.74, 6) is 0. The van der Waals surface area contributed by atoms with Gasteiger partial charge in [-0.1, -0.05) is 54.6 Å². The number of nitriles is 2. The van der Waals surface area contributed by atoms with Gasteiger partial charge in [0.15, 0.2) is 11.4 Å². The maximum Gasteiger partial charge on any atom is 0.177 e.